The number of carbonyl (C=O) groups excluding carboxylic acids is 1. The standard InChI is InChI=1S/C7H12BO2S/c1-4-6(3)11-8-10-7(9)5-2/h5-6H,2,4H2,1,3H3. The van der Waals surface area contributed by atoms with E-state index in [0.29, 0.717) is 5.25 Å². The molecule has 0 aliphatic carbocycles. The molecule has 11 heavy (non-hydrogen) atoms. The zero-order valence-corrected chi connectivity index (χ0v) is 7.69. The smallest absolute Gasteiger partial charge is 0.454 e. The second-order valence-electron chi connectivity index (χ2n) is 2.09. The molecule has 0 N–H and O–H groups in total. The van der Waals surface area contributed by atoms with Gasteiger partial charge in [-0.1, -0.05) is 20.4 Å². The quantitative estimate of drug-likeness (QED) is 0.465. The lowest BCUT2D eigenvalue weighted by molar-refractivity contribution is -0.128. The topological polar surface area (TPSA) is 26.3 Å². The average molecular weight is 171 g/mol. The van der Waals surface area contributed by atoms with Gasteiger partial charge in [0.05, 0.1) is 0 Å². The first-order chi connectivity index (χ1) is 5.20. The third kappa shape index (κ3) is 6.04. The van der Waals surface area contributed by atoms with E-state index in [0.717, 1.165) is 12.5 Å². The Morgan fingerprint density at radius 1 is 1.91 bits per heavy atom. The molecule has 0 aromatic carbocycles. The van der Waals surface area contributed by atoms with Crippen molar-refractivity contribution >= 4 is 24.3 Å². The van der Waals surface area contributed by atoms with Crippen LogP contribution in [0.2, 0.25) is 0 Å². The molecule has 0 spiro atoms. The lowest BCUT2D eigenvalue weighted by atomic mass is 10.4. The van der Waals surface area contributed by atoms with Crippen LogP contribution in [0.3, 0.4) is 0 Å². The summed E-state index contributed by atoms with van der Waals surface area (Å²) in [4.78, 5) is 10.5. The molecule has 1 unspecified atom stereocenters. The lowest BCUT2D eigenvalue weighted by Gasteiger charge is -2.05. The number of hydrogen-bond donors (Lipinski definition) is 0. The van der Waals surface area contributed by atoms with Crippen LogP contribution in [0.15, 0.2) is 12.7 Å². The maximum absolute atomic E-state index is 10.5. The fraction of sp³-hybridized carbons (Fsp3) is 0.571. The minimum Gasteiger partial charge on any atom is -0.523 e. The van der Waals surface area contributed by atoms with Crippen LogP contribution >= 0.6 is 11.6 Å². The van der Waals surface area contributed by atoms with E-state index in [9.17, 15) is 4.79 Å². The van der Waals surface area contributed by atoms with Gasteiger partial charge < -0.3 is 4.65 Å². The highest BCUT2D eigenvalue weighted by molar-refractivity contribution is 8.22. The highest BCUT2D eigenvalue weighted by atomic mass is 32.2. The molecule has 0 aliphatic rings. The van der Waals surface area contributed by atoms with Crippen molar-refractivity contribution in [2.24, 2.45) is 0 Å². The first-order valence-corrected chi connectivity index (χ1v) is 4.45. The van der Waals surface area contributed by atoms with Crippen molar-refractivity contribution in [3.05, 3.63) is 12.7 Å². The Morgan fingerprint density at radius 2 is 2.55 bits per heavy atom. The Bertz CT molecular complexity index is 138. The van der Waals surface area contributed by atoms with Crippen molar-refractivity contribution in [2.75, 3.05) is 0 Å². The number of carbonyl (C=O) groups is 1. The van der Waals surface area contributed by atoms with E-state index in [-0.39, 0.29) is 0 Å². The molecule has 0 saturated heterocycles. The lowest BCUT2D eigenvalue weighted by Crippen LogP contribution is -2.05. The Morgan fingerprint density at radius 3 is 3.00 bits per heavy atom. The molecule has 0 amide bonds. The third-order valence-corrected chi connectivity index (χ3v) is 2.20. The third-order valence-electron chi connectivity index (χ3n) is 1.19. The first-order valence-electron chi connectivity index (χ1n) is 3.50. The summed E-state index contributed by atoms with van der Waals surface area (Å²) in [5.74, 6) is -0.402. The van der Waals surface area contributed by atoms with Gasteiger partial charge in [-0.05, 0) is 11.7 Å². The van der Waals surface area contributed by atoms with Gasteiger partial charge in [0.25, 0.3) is 0 Å². The highest BCUT2D eigenvalue weighted by Crippen LogP contribution is 2.11. The predicted molar refractivity (Wildman–Crippen MR) is 49.4 cm³/mol. The molecule has 0 bridgehead atoms. The number of rotatable bonds is 5. The van der Waals surface area contributed by atoms with Crippen molar-refractivity contribution in [1.29, 1.82) is 0 Å². The van der Waals surface area contributed by atoms with Crippen molar-refractivity contribution in [3.63, 3.8) is 0 Å². The summed E-state index contributed by atoms with van der Waals surface area (Å²) in [7, 11) is 0. The van der Waals surface area contributed by atoms with Crippen molar-refractivity contribution in [2.45, 2.75) is 25.5 Å². The zero-order valence-electron chi connectivity index (χ0n) is 6.87. The van der Waals surface area contributed by atoms with E-state index >= 15 is 0 Å². The van der Waals surface area contributed by atoms with Crippen molar-refractivity contribution in [3.8, 4) is 0 Å². The Labute approximate surface area is 72.6 Å². The van der Waals surface area contributed by atoms with E-state index in [1.807, 2.05) is 0 Å². The summed E-state index contributed by atoms with van der Waals surface area (Å²) in [6, 6.07) is 0. The first kappa shape index (κ1) is 10.6. The number of hydrogen-bond acceptors (Lipinski definition) is 3. The summed E-state index contributed by atoms with van der Waals surface area (Å²) < 4.78 is 4.64. The van der Waals surface area contributed by atoms with Gasteiger partial charge in [0.15, 0.2) is 0 Å². The molecule has 2 nitrogen and oxygen atoms in total. The molecule has 61 valence electrons. The van der Waals surface area contributed by atoms with E-state index in [1.54, 1.807) is 0 Å². The average Bonchev–Trinajstić information content (AvgIpc) is 2.04. The SMILES string of the molecule is C=CC(=O)O[B]SC(C)CC. The van der Waals surface area contributed by atoms with E-state index in [4.69, 9.17) is 0 Å². The summed E-state index contributed by atoms with van der Waals surface area (Å²) in [5.41, 5.74) is 0. The van der Waals surface area contributed by atoms with Gasteiger partial charge >= 0.3 is 12.7 Å². The van der Waals surface area contributed by atoms with Gasteiger partial charge in [0.2, 0.25) is 0 Å². The normalized spacial score (nSPS) is 11.8. The van der Waals surface area contributed by atoms with Crippen LogP contribution in [0, 0.1) is 0 Å². The molecule has 0 fully saturated rings. The molecular weight excluding hydrogens is 159 g/mol. The predicted octanol–water partition coefficient (Wildman–Crippen LogP) is 1.78. The molecule has 0 rings (SSSR count). The van der Waals surface area contributed by atoms with Gasteiger partial charge in [-0.15, -0.1) is 0 Å². The fourth-order valence-electron chi connectivity index (χ4n) is 0.314. The molecule has 0 aromatic heterocycles. The summed E-state index contributed by atoms with van der Waals surface area (Å²) in [6.45, 7) is 8.89. The summed E-state index contributed by atoms with van der Waals surface area (Å²) >= 11 is 1.50. The van der Waals surface area contributed by atoms with Gasteiger partial charge in [-0.2, -0.15) is 11.6 Å². The minimum absolute atomic E-state index is 0.402. The second-order valence-corrected chi connectivity index (χ2v) is 3.36. The maximum atomic E-state index is 10.5. The van der Waals surface area contributed by atoms with Gasteiger partial charge in [-0.3, -0.25) is 0 Å². The molecule has 1 radical (unpaired) electrons. The van der Waals surface area contributed by atoms with Crippen LogP contribution in [0.4, 0.5) is 0 Å². The van der Waals surface area contributed by atoms with E-state index in [1.165, 1.54) is 18.4 Å². The van der Waals surface area contributed by atoms with E-state index in [2.05, 4.69) is 25.1 Å². The molecule has 0 aliphatic heterocycles. The van der Waals surface area contributed by atoms with Crippen molar-refractivity contribution in [1.82, 2.24) is 0 Å². The van der Waals surface area contributed by atoms with Gasteiger partial charge in [0.1, 0.15) is 0 Å². The van der Waals surface area contributed by atoms with Crippen LogP contribution in [-0.4, -0.2) is 18.0 Å². The van der Waals surface area contributed by atoms with Crippen LogP contribution in [-0.2, 0) is 9.45 Å². The van der Waals surface area contributed by atoms with Crippen LogP contribution in [0.25, 0.3) is 0 Å². The molecular formula is C7H12BO2S. The summed E-state index contributed by atoms with van der Waals surface area (Å²) in [5, 5.41) is 0.493. The maximum Gasteiger partial charge on any atom is 0.454 e. The molecule has 1 atom stereocenters. The minimum atomic E-state index is -0.402. The van der Waals surface area contributed by atoms with E-state index < -0.39 is 5.97 Å². The summed E-state index contributed by atoms with van der Waals surface area (Å²) in [6.07, 6.45) is 2.21. The van der Waals surface area contributed by atoms with Crippen molar-refractivity contribution < 1.29 is 9.45 Å². The Hall–Kier alpha value is -0.375. The monoisotopic (exact) mass is 171 g/mol. The van der Waals surface area contributed by atoms with Crippen LogP contribution in [0.5, 0.6) is 0 Å². The molecule has 0 saturated carbocycles. The highest BCUT2D eigenvalue weighted by Gasteiger charge is 2.03. The second kappa shape index (κ2) is 6.34. The fourth-order valence-corrected chi connectivity index (χ4v) is 0.847. The Kier molecular flexibility index (Phi) is 6.13. The largest absolute Gasteiger partial charge is 0.523 e. The van der Waals surface area contributed by atoms with Gasteiger partial charge in [-0.25, -0.2) is 4.79 Å². The van der Waals surface area contributed by atoms with Gasteiger partial charge in [0, 0.05) is 6.08 Å². The van der Waals surface area contributed by atoms with Crippen LogP contribution in [0.1, 0.15) is 20.3 Å². The zero-order chi connectivity index (χ0) is 8.69. The molecule has 0 aromatic rings. The molecule has 4 heteroatoms. The molecule has 0 heterocycles. The van der Waals surface area contributed by atoms with Crippen LogP contribution < -0.4 is 0 Å². The Balaban J connectivity index is 3.26.